The van der Waals surface area contributed by atoms with E-state index in [0.717, 1.165) is 24.0 Å². The summed E-state index contributed by atoms with van der Waals surface area (Å²) in [7, 11) is 0. The molecule has 3 rings (SSSR count). The lowest BCUT2D eigenvalue weighted by Crippen LogP contribution is -2.34. The first kappa shape index (κ1) is 17.2. The Balaban J connectivity index is 2.47. The fraction of sp³-hybridized carbons (Fsp3) is 0.450. The molecule has 1 aliphatic rings. The van der Waals surface area contributed by atoms with E-state index in [4.69, 9.17) is 11.6 Å². The van der Waals surface area contributed by atoms with Gasteiger partial charge in [0, 0.05) is 17.3 Å². The predicted molar refractivity (Wildman–Crippen MR) is 96.3 cm³/mol. The van der Waals surface area contributed by atoms with Crippen LogP contribution in [0, 0.1) is 12.7 Å². The lowest BCUT2D eigenvalue weighted by molar-refractivity contribution is 0.330. The lowest BCUT2D eigenvalue weighted by atomic mass is 9.61. The maximum atomic E-state index is 14.7. The number of hydrogen-bond donors (Lipinski definition) is 1. The molecule has 0 amide bonds. The zero-order valence-corrected chi connectivity index (χ0v) is 15.6. The molecule has 0 unspecified atom stereocenters. The van der Waals surface area contributed by atoms with E-state index in [9.17, 15) is 9.50 Å². The Morgan fingerprint density at radius 3 is 2.46 bits per heavy atom. The molecule has 0 bridgehead atoms. The first-order valence-corrected chi connectivity index (χ1v) is 8.62. The highest BCUT2D eigenvalue weighted by Crippen LogP contribution is 2.53. The predicted octanol–water partition coefficient (Wildman–Crippen LogP) is 5.90. The quantitative estimate of drug-likeness (QED) is 0.651. The monoisotopic (exact) mass is 347 g/mol. The van der Waals surface area contributed by atoms with Gasteiger partial charge in [0.15, 0.2) is 11.0 Å². The van der Waals surface area contributed by atoms with Gasteiger partial charge >= 0.3 is 0 Å². The molecule has 0 radical (unpaired) electrons. The SMILES string of the molecule is Cc1cc2c(c(-c3ccnc(Cl)c3F)c1O)C(C)(C)CCC2(C)C. The van der Waals surface area contributed by atoms with Crippen molar-refractivity contribution >= 4 is 11.6 Å². The molecule has 0 saturated heterocycles. The van der Waals surface area contributed by atoms with E-state index in [1.54, 1.807) is 6.07 Å². The zero-order chi connectivity index (χ0) is 17.9. The van der Waals surface area contributed by atoms with Gasteiger partial charge in [0.1, 0.15) is 5.75 Å². The van der Waals surface area contributed by atoms with Gasteiger partial charge in [0.25, 0.3) is 0 Å². The minimum absolute atomic E-state index is 0.0225. The molecule has 2 nitrogen and oxygen atoms in total. The molecule has 0 saturated carbocycles. The van der Waals surface area contributed by atoms with E-state index in [1.165, 1.54) is 11.8 Å². The smallest absolute Gasteiger partial charge is 0.168 e. The van der Waals surface area contributed by atoms with Crippen LogP contribution in [0.25, 0.3) is 11.1 Å². The topological polar surface area (TPSA) is 33.1 Å². The summed E-state index contributed by atoms with van der Waals surface area (Å²) in [4.78, 5) is 3.80. The van der Waals surface area contributed by atoms with Crippen molar-refractivity contribution in [2.45, 2.75) is 58.3 Å². The Morgan fingerprint density at radius 2 is 1.79 bits per heavy atom. The van der Waals surface area contributed by atoms with Crippen LogP contribution < -0.4 is 0 Å². The van der Waals surface area contributed by atoms with Crippen LogP contribution in [-0.4, -0.2) is 10.1 Å². The Morgan fingerprint density at radius 1 is 1.17 bits per heavy atom. The fourth-order valence-electron chi connectivity index (χ4n) is 3.80. The maximum Gasteiger partial charge on any atom is 0.168 e. The molecular weight excluding hydrogens is 325 g/mol. The highest BCUT2D eigenvalue weighted by Gasteiger charge is 2.40. The largest absolute Gasteiger partial charge is 0.507 e. The van der Waals surface area contributed by atoms with Gasteiger partial charge in [-0.1, -0.05) is 45.4 Å². The zero-order valence-electron chi connectivity index (χ0n) is 14.8. The number of nitrogens with zero attached hydrogens (tertiary/aromatic N) is 1. The van der Waals surface area contributed by atoms with Crippen molar-refractivity contribution in [2.75, 3.05) is 0 Å². The number of phenols is 1. The summed E-state index contributed by atoms with van der Waals surface area (Å²) in [5.41, 5.74) is 3.64. The van der Waals surface area contributed by atoms with Crippen molar-refractivity contribution in [1.82, 2.24) is 4.98 Å². The first-order valence-electron chi connectivity index (χ1n) is 8.24. The molecule has 24 heavy (non-hydrogen) atoms. The van der Waals surface area contributed by atoms with Gasteiger partial charge < -0.3 is 5.11 Å². The van der Waals surface area contributed by atoms with Gasteiger partial charge in [-0.3, -0.25) is 0 Å². The standard InChI is InChI=1S/C20H23ClFNO/c1-11-10-13-15(20(4,5)8-7-19(13,2)3)14(17(11)24)12-6-9-23-18(21)16(12)22/h6,9-10,24H,7-8H2,1-5H3. The summed E-state index contributed by atoms with van der Waals surface area (Å²) in [6.07, 6.45) is 3.51. The number of fused-ring (bicyclic) bond motifs is 1. The third kappa shape index (κ3) is 2.50. The lowest BCUT2D eigenvalue weighted by Gasteiger charge is -2.43. The summed E-state index contributed by atoms with van der Waals surface area (Å²) < 4.78 is 14.7. The second-order valence-corrected chi connectivity index (χ2v) is 8.43. The van der Waals surface area contributed by atoms with E-state index in [0.29, 0.717) is 11.1 Å². The van der Waals surface area contributed by atoms with Crippen molar-refractivity contribution in [3.05, 3.63) is 46.0 Å². The fourth-order valence-corrected chi connectivity index (χ4v) is 3.96. The van der Waals surface area contributed by atoms with Gasteiger partial charge in [-0.2, -0.15) is 0 Å². The van der Waals surface area contributed by atoms with Crippen molar-refractivity contribution in [2.24, 2.45) is 0 Å². The number of halogens is 2. The molecule has 0 atom stereocenters. The number of rotatable bonds is 1. The average Bonchev–Trinajstić information content (AvgIpc) is 2.49. The van der Waals surface area contributed by atoms with Crippen molar-refractivity contribution in [3.8, 4) is 16.9 Å². The average molecular weight is 348 g/mol. The maximum absolute atomic E-state index is 14.7. The summed E-state index contributed by atoms with van der Waals surface area (Å²) in [5.74, 6) is -0.456. The minimum Gasteiger partial charge on any atom is -0.507 e. The molecular formula is C20H23ClFNO. The second kappa shape index (κ2) is 5.45. The van der Waals surface area contributed by atoms with Crippen molar-refractivity contribution in [3.63, 3.8) is 0 Å². The van der Waals surface area contributed by atoms with Crippen LogP contribution >= 0.6 is 11.6 Å². The highest BCUT2D eigenvalue weighted by molar-refractivity contribution is 6.29. The number of benzene rings is 1. The van der Waals surface area contributed by atoms with Crippen LogP contribution in [0.15, 0.2) is 18.3 Å². The summed E-state index contributed by atoms with van der Waals surface area (Å²) >= 11 is 5.90. The second-order valence-electron chi connectivity index (χ2n) is 8.07. The van der Waals surface area contributed by atoms with Gasteiger partial charge in [-0.15, -0.1) is 0 Å². The summed E-state index contributed by atoms with van der Waals surface area (Å²) in [6, 6.07) is 3.64. The normalized spacial score (nSPS) is 18.3. The Kier molecular flexibility index (Phi) is 3.91. The molecule has 1 aromatic carbocycles. The van der Waals surface area contributed by atoms with Gasteiger partial charge in [0.05, 0.1) is 0 Å². The van der Waals surface area contributed by atoms with Crippen LogP contribution in [0.4, 0.5) is 4.39 Å². The first-order chi connectivity index (χ1) is 11.1. The molecule has 0 fully saturated rings. The number of hydrogen-bond acceptors (Lipinski definition) is 2. The minimum atomic E-state index is -0.582. The van der Waals surface area contributed by atoms with E-state index < -0.39 is 5.82 Å². The molecule has 128 valence electrons. The third-order valence-corrected chi connectivity index (χ3v) is 5.65. The Hall–Kier alpha value is -1.61. The molecule has 4 heteroatoms. The van der Waals surface area contributed by atoms with Crippen molar-refractivity contribution < 1.29 is 9.50 Å². The van der Waals surface area contributed by atoms with Crippen molar-refractivity contribution in [1.29, 1.82) is 0 Å². The molecule has 1 aromatic heterocycles. The number of pyridine rings is 1. The molecule has 1 aliphatic carbocycles. The van der Waals surface area contributed by atoms with Gasteiger partial charge in [0.2, 0.25) is 0 Å². The van der Waals surface area contributed by atoms with E-state index >= 15 is 0 Å². The summed E-state index contributed by atoms with van der Waals surface area (Å²) in [6.45, 7) is 10.6. The highest BCUT2D eigenvalue weighted by atomic mass is 35.5. The Labute approximate surface area is 147 Å². The molecule has 0 aliphatic heterocycles. The summed E-state index contributed by atoms with van der Waals surface area (Å²) in [5, 5.41) is 10.6. The van der Waals surface area contributed by atoms with E-state index in [1.807, 2.05) is 6.92 Å². The van der Waals surface area contributed by atoms with E-state index in [2.05, 4.69) is 38.7 Å². The van der Waals surface area contributed by atoms with E-state index in [-0.39, 0.29) is 21.7 Å². The molecule has 0 spiro atoms. The van der Waals surface area contributed by atoms with Crippen LogP contribution in [0.3, 0.4) is 0 Å². The van der Waals surface area contributed by atoms with Crippen LogP contribution in [0.1, 0.15) is 57.2 Å². The third-order valence-electron chi connectivity index (χ3n) is 5.39. The van der Waals surface area contributed by atoms with Gasteiger partial charge in [-0.05, 0) is 53.4 Å². The molecule has 1 N–H and O–H groups in total. The van der Waals surface area contributed by atoms with Gasteiger partial charge in [-0.25, -0.2) is 9.37 Å². The number of aryl methyl sites for hydroxylation is 1. The number of aromatic nitrogens is 1. The number of phenolic OH excluding ortho intramolecular Hbond substituents is 1. The number of aromatic hydroxyl groups is 1. The Bertz CT molecular complexity index is 827. The van der Waals surface area contributed by atoms with Crippen LogP contribution in [-0.2, 0) is 10.8 Å². The van der Waals surface area contributed by atoms with Crippen LogP contribution in [0.5, 0.6) is 5.75 Å². The molecule has 2 aromatic rings. The molecule has 1 heterocycles. The van der Waals surface area contributed by atoms with Crippen LogP contribution in [0.2, 0.25) is 5.15 Å².